The lowest BCUT2D eigenvalue weighted by Crippen LogP contribution is -2.51. The standard InChI is InChI=1S/C12H22N2O4/c1-8-3-5-9(6-4-8)14(2)12(18)13-10(7-15)11(16)17/h8-10,15H,3-7H2,1-2H3,(H,13,18)(H,16,17). The molecule has 3 N–H and O–H groups in total. The SMILES string of the molecule is CC1CCC(N(C)C(=O)NC(CO)C(=O)O)CC1. The van der Waals surface area contributed by atoms with Gasteiger partial charge in [-0.15, -0.1) is 0 Å². The number of carboxylic acids is 1. The summed E-state index contributed by atoms with van der Waals surface area (Å²) in [6.07, 6.45) is 4.07. The van der Waals surface area contributed by atoms with Gasteiger partial charge in [0.05, 0.1) is 6.61 Å². The number of aliphatic hydroxyl groups excluding tert-OH is 1. The summed E-state index contributed by atoms with van der Waals surface area (Å²) in [5.74, 6) is -0.529. The van der Waals surface area contributed by atoms with Crippen LogP contribution in [0.1, 0.15) is 32.6 Å². The van der Waals surface area contributed by atoms with E-state index in [1.54, 1.807) is 11.9 Å². The highest BCUT2D eigenvalue weighted by Gasteiger charge is 2.27. The first kappa shape index (κ1) is 14.8. The third-order valence-corrected chi connectivity index (χ3v) is 3.63. The molecule has 0 bridgehead atoms. The van der Waals surface area contributed by atoms with Crippen molar-refractivity contribution >= 4 is 12.0 Å². The Labute approximate surface area is 107 Å². The van der Waals surface area contributed by atoms with Gasteiger partial charge in [-0.05, 0) is 31.6 Å². The number of aliphatic carboxylic acids is 1. The van der Waals surface area contributed by atoms with E-state index in [1.807, 2.05) is 0 Å². The highest BCUT2D eigenvalue weighted by atomic mass is 16.4. The van der Waals surface area contributed by atoms with E-state index in [9.17, 15) is 9.59 Å². The third-order valence-electron chi connectivity index (χ3n) is 3.63. The van der Waals surface area contributed by atoms with Gasteiger partial charge in [-0.3, -0.25) is 0 Å². The first-order valence-corrected chi connectivity index (χ1v) is 6.32. The summed E-state index contributed by atoms with van der Waals surface area (Å²) in [5.41, 5.74) is 0. The van der Waals surface area contributed by atoms with Gasteiger partial charge in [0.15, 0.2) is 6.04 Å². The van der Waals surface area contributed by atoms with Crippen molar-refractivity contribution < 1.29 is 19.8 Å². The van der Waals surface area contributed by atoms with E-state index in [-0.39, 0.29) is 6.04 Å². The fourth-order valence-electron chi connectivity index (χ4n) is 2.23. The Morgan fingerprint density at radius 3 is 2.33 bits per heavy atom. The normalized spacial score (nSPS) is 25.3. The molecule has 1 unspecified atom stereocenters. The molecule has 104 valence electrons. The fraction of sp³-hybridized carbons (Fsp3) is 0.833. The number of hydrogen-bond donors (Lipinski definition) is 3. The maximum Gasteiger partial charge on any atom is 0.328 e. The number of amides is 2. The molecule has 0 aromatic carbocycles. The van der Waals surface area contributed by atoms with Gasteiger partial charge >= 0.3 is 12.0 Å². The van der Waals surface area contributed by atoms with Crippen molar-refractivity contribution in [3.05, 3.63) is 0 Å². The molecule has 0 spiro atoms. The highest BCUT2D eigenvalue weighted by Crippen LogP contribution is 2.26. The van der Waals surface area contributed by atoms with Crippen LogP contribution in [0.4, 0.5) is 4.79 Å². The monoisotopic (exact) mass is 258 g/mol. The van der Waals surface area contributed by atoms with Crippen LogP contribution in [-0.2, 0) is 4.79 Å². The molecule has 6 heteroatoms. The molecule has 1 rings (SSSR count). The van der Waals surface area contributed by atoms with Crippen LogP contribution >= 0.6 is 0 Å². The Morgan fingerprint density at radius 1 is 1.33 bits per heavy atom. The molecular weight excluding hydrogens is 236 g/mol. The Bertz CT molecular complexity index is 300. The maximum atomic E-state index is 11.8. The molecule has 1 atom stereocenters. The second-order valence-electron chi connectivity index (χ2n) is 5.05. The second kappa shape index (κ2) is 6.58. The summed E-state index contributed by atoms with van der Waals surface area (Å²) in [6, 6.07) is -1.51. The summed E-state index contributed by atoms with van der Waals surface area (Å²) < 4.78 is 0. The van der Waals surface area contributed by atoms with Gasteiger partial charge in [-0.25, -0.2) is 9.59 Å². The van der Waals surface area contributed by atoms with Crippen molar-refractivity contribution in [2.45, 2.75) is 44.7 Å². The van der Waals surface area contributed by atoms with E-state index < -0.39 is 24.6 Å². The van der Waals surface area contributed by atoms with Crippen LogP contribution in [0.3, 0.4) is 0 Å². The zero-order chi connectivity index (χ0) is 13.7. The number of aliphatic hydroxyl groups is 1. The van der Waals surface area contributed by atoms with Crippen molar-refractivity contribution in [3.8, 4) is 0 Å². The molecule has 0 aromatic rings. The lowest BCUT2D eigenvalue weighted by molar-refractivity contribution is -0.140. The van der Waals surface area contributed by atoms with Gasteiger partial charge in [0, 0.05) is 13.1 Å². The van der Waals surface area contributed by atoms with E-state index in [1.165, 1.54) is 0 Å². The Kier molecular flexibility index (Phi) is 5.40. The minimum Gasteiger partial charge on any atom is -0.480 e. The van der Waals surface area contributed by atoms with Crippen molar-refractivity contribution in [1.29, 1.82) is 0 Å². The third kappa shape index (κ3) is 3.87. The Morgan fingerprint density at radius 2 is 1.89 bits per heavy atom. The highest BCUT2D eigenvalue weighted by molar-refractivity contribution is 5.82. The number of carboxylic acid groups (broad SMARTS) is 1. The minimum absolute atomic E-state index is 0.161. The van der Waals surface area contributed by atoms with Crippen LogP contribution in [0.15, 0.2) is 0 Å². The van der Waals surface area contributed by atoms with Gasteiger partial charge < -0.3 is 20.4 Å². The van der Waals surface area contributed by atoms with E-state index >= 15 is 0 Å². The van der Waals surface area contributed by atoms with Crippen LogP contribution in [0.5, 0.6) is 0 Å². The molecule has 0 aromatic heterocycles. The predicted octanol–water partition coefficient (Wildman–Crippen LogP) is 0.652. The molecular formula is C12H22N2O4. The van der Waals surface area contributed by atoms with Crippen molar-refractivity contribution in [2.75, 3.05) is 13.7 Å². The van der Waals surface area contributed by atoms with Gasteiger partial charge in [0.2, 0.25) is 0 Å². The summed E-state index contributed by atoms with van der Waals surface area (Å²) in [5, 5.41) is 19.9. The molecule has 6 nitrogen and oxygen atoms in total. The van der Waals surface area contributed by atoms with Gasteiger partial charge in [0.1, 0.15) is 0 Å². The molecule has 0 aliphatic heterocycles. The molecule has 18 heavy (non-hydrogen) atoms. The number of nitrogens with one attached hydrogen (secondary N) is 1. The second-order valence-corrected chi connectivity index (χ2v) is 5.05. The molecule has 0 radical (unpaired) electrons. The van der Waals surface area contributed by atoms with Gasteiger partial charge in [0.25, 0.3) is 0 Å². The number of carbonyl (C=O) groups is 2. The van der Waals surface area contributed by atoms with Crippen LogP contribution < -0.4 is 5.32 Å². The Hall–Kier alpha value is -1.30. The summed E-state index contributed by atoms with van der Waals surface area (Å²) >= 11 is 0. The molecule has 1 aliphatic carbocycles. The van der Waals surface area contributed by atoms with Crippen LogP contribution in [-0.4, -0.2) is 52.9 Å². The lowest BCUT2D eigenvalue weighted by atomic mass is 9.87. The largest absolute Gasteiger partial charge is 0.480 e. The first-order chi connectivity index (χ1) is 8.45. The molecule has 2 amide bonds. The molecule has 1 saturated carbocycles. The van der Waals surface area contributed by atoms with E-state index in [4.69, 9.17) is 10.2 Å². The maximum absolute atomic E-state index is 11.8. The molecule has 0 saturated heterocycles. The van der Waals surface area contributed by atoms with E-state index in [2.05, 4.69) is 12.2 Å². The average Bonchev–Trinajstić information content (AvgIpc) is 2.35. The van der Waals surface area contributed by atoms with Gasteiger partial charge in [-0.2, -0.15) is 0 Å². The van der Waals surface area contributed by atoms with Crippen LogP contribution in [0, 0.1) is 5.92 Å². The quantitative estimate of drug-likeness (QED) is 0.690. The zero-order valence-electron chi connectivity index (χ0n) is 10.9. The lowest BCUT2D eigenvalue weighted by Gasteiger charge is -2.34. The Balaban J connectivity index is 2.48. The molecule has 1 aliphatic rings. The van der Waals surface area contributed by atoms with Gasteiger partial charge in [-0.1, -0.05) is 6.92 Å². The number of urea groups is 1. The first-order valence-electron chi connectivity index (χ1n) is 6.32. The summed E-state index contributed by atoms with van der Waals surface area (Å²) in [6.45, 7) is 1.60. The minimum atomic E-state index is -1.23. The van der Waals surface area contributed by atoms with Crippen LogP contribution in [0.25, 0.3) is 0 Å². The average molecular weight is 258 g/mol. The smallest absolute Gasteiger partial charge is 0.328 e. The van der Waals surface area contributed by atoms with E-state index in [0.29, 0.717) is 5.92 Å². The number of carbonyl (C=O) groups excluding carboxylic acids is 1. The predicted molar refractivity (Wildman–Crippen MR) is 66.2 cm³/mol. The zero-order valence-corrected chi connectivity index (χ0v) is 10.9. The van der Waals surface area contributed by atoms with Crippen molar-refractivity contribution in [3.63, 3.8) is 0 Å². The fourth-order valence-corrected chi connectivity index (χ4v) is 2.23. The number of rotatable bonds is 4. The number of hydrogen-bond acceptors (Lipinski definition) is 3. The summed E-state index contributed by atoms with van der Waals surface area (Å²) in [7, 11) is 1.67. The summed E-state index contributed by atoms with van der Waals surface area (Å²) in [4.78, 5) is 24.1. The van der Waals surface area contributed by atoms with Crippen LogP contribution in [0.2, 0.25) is 0 Å². The molecule has 0 heterocycles. The number of nitrogens with zero attached hydrogens (tertiary/aromatic N) is 1. The van der Waals surface area contributed by atoms with Crippen molar-refractivity contribution in [1.82, 2.24) is 10.2 Å². The molecule has 1 fully saturated rings. The van der Waals surface area contributed by atoms with E-state index in [0.717, 1.165) is 25.7 Å². The topological polar surface area (TPSA) is 89.9 Å². The van der Waals surface area contributed by atoms with Crippen molar-refractivity contribution in [2.24, 2.45) is 5.92 Å².